The molecule has 0 amide bonds. The Morgan fingerprint density at radius 2 is 1.86 bits per heavy atom. The van der Waals surface area contributed by atoms with E-state index in [0.717, 1.165) is 18.5 Å². The normalized spacial score (nSPS) is 16.1. The highest BCUT2D eigenvalue weighted by Gasteiger charge is 2.29. The van der Waals surface area contributed by atoms with Gasteiger partial charge in [-0.3, -0.25) is 4.90 Å². The van der Waals surface area contributed by atoms with Gasteiger partial charge in [0.25, 0.3) is 0 Å². The van der Waals surface area contributed by atoms with E-state index < -0.39 is 0 Å². The molecule has 1 aromatic rings. The molecule has 1 aliphatic carbocycles. The third-order valence-electron chi connectivity index (χ3n) is 4.05. The van der Waals surface area contributed by atoms with Crippen molar-refractivity contribution in [3.63, 3.8) is 0 Å². The molecule has 1 saturated carbocycles. The minimum absolute atomic E-state index is 0. The summed E-state index contributed by atoms with van der Waals surface area (Å²) in [5, 5.41) is 3.49. The summed E-state index contributed by atoms with van der Waals surface area (Å²) in [6, 6.07) is 11.7. The summed E-state index contributed by atoms with van der Waals surface area (Å²) < 4.78 is 0. The molecule has 0 aliphatic heterocycles. The van der Waals surface area contributed by atoms with Crippen molar-refractivity contribution in [1.29, 1.82) is 0 Å². The van der Waals surface area contributed by atoms with Gasteiger partial charge < -0.3 is 10.2 Å². The minimum atomic E-state index is 0. The van der Waals surface area contributed by atoms with Crippen LogP contribution in [0.15, 0.2) is 35.3 Å². The summed E-state index contributed by atoms with van der Waals surface area (Å²) in [6.07, 6.45) is 2.70. The van der Waals surface area contributed by atoms with Crippen LogP contribution in [0.1, 0.15) is 25.3 Å². The number of guanidine groups is 1. The number of rotatable bonds is 6. The average Bonchev–Trinajstić information content (AvgIpc) is 3.31. The van der Waals surface area contributed by atoms with Gasteiger partial charge in [0.05, 0.1) is 6.54 Å². The van der Waals surface area contributed by atoms with Gasteiger partial charge in [0.1, 0.15) is 0 Å². The first-order chi connectivity index (χ1) is 10.1. The number of benzene rings is 1. The molecule has 5 heteroatoms. The maximum Gasteiger partial charge on any atom is 0.193 e. The lowest BCUT2D eigenvalue weighted by Gasteiger charge is -2.26. The number of nitrogens with one attached hydrogen (secondary N) is 1. The van der Waals surface area contributed by atoms with Crippen LogP contribution in [-0.4, -0.2) is 55.5 Å². The Bertz CT molecular complexity index is 457. The van der Waals surface area contributed by atoms with Crippen LogP contribution < -0.4 is 5.32 Å². The second-order valence-corrected chi connectivity index (χ2v) is 6.15. The van der Waals surface area contributed by atoms with Crippen LogP contribution in [-0.2, 0) is 6.54 Å². The van der Waals surface area contributed by atoms with Gasteiger partial charge in [0.15, 0.2) is 5.96 Å². The molecule has 1 unspecified atom stereocenters. The van der Waals surface area contributed by atoms with Crippen molar-refractivity contribution >= 4 is 29.9 Å². The fraction of sp³-hybridized carbons (Fsp3) is 0.588. The molecule has 0 heterocycles. The third-order valence-corrected chi connectivity index (χ3v) is 4.05. The van der Waals surface area contributed by atoms with Crippen LogP contribution >= 0.6 is 24.0 Å². The van der Waals surface area contributed by atoms with Gasteiger partial charge in [-0.1, -0.05) is 30.3 Å². The lowest BCUT2D eigenvalue weighted by molar-refractivity contribution is 0.246. The lowest BCUT2D eigenvalue weighted by Crippen LogP contribution is -2.45. The molecular weight excluding hydrogens is 387 g/mol. The van der Waals surface area contributed by atoms with Gasteiger partial charge in [-0.2, -0.15) is 0 Å². The first-order valence-corrected chi connectivity index (χ1v) is 7.79. The van der Waals surface area contributed by atoms with Gasteiger partial charge in [0, 0.05) is 32.7 Å². The van der Waals surface area contributed by atoms with Crippen molar-refractivity contribution in [2.45, 2.75) is 38.4 Å². The molecule has 1 N–H and O–H groups in total. The largest absolute Gasteiger partial charge is 0.355 e. The van der Waals surface area contributed by atoms with Gasteiger partial charge in [0.2, 0.25) is 0 Å². The highest BCUT2D eigenvalue weighted by Crippen LogP contribution is 2.26. The van der Waals surface area contributed by atoms with Gasteiger partial charge in [-0.05, 0) is 32.4 Å². The van der Waals surface area contributed by atoms with E-state index >= 15 is 0 Å². The maximum absolute atomic E-state index is 4.70. The molecular formula is C17H29IN4. The quantitative estimate of drug-likeness (QED) is 0.440. The molecule has 2 rings (SSSR count). The molecule has 0 saturated heterocycles. The molecule has 0 aromatic heterocycles. The van der Waals surface area contributed by atoms with Crippen LogP contribution in [0.25, 0.3) is 0 Å². The van der Waals surface area contributed by atoms with Crippen LogP contribution in [0.2, 0.25) is 0 Å². The number of nitrogens with zero attached hydrogens (tertiary/aromatic N) is 3. The second-order valence-electron chi connectivity index (χ2n) is 6.15. The van der Waals surface area contributed by atoms with E-state index in [4.69, 9.17) is 4.99 Å². The fourth-order valence-corrected chi connectivity index (χ4v) is 2.33. The standard InChI is InChI=1S/C17H28N4.HI/c1-14(21(4)16-10-11-16)12-18-17(20(2)3)19-13-15-8-6-5-7-9-15;/h5-9,14,16H,10-13H2,1-4H3,(H,18,19);1H. The predicted molar refractivity (Wildman–Crippen MR) is 105 cm³/mol. The molecule has 1 fully saturated rings. The van der Waals surface area contributed by atoms with E-state index in [1.165, 1.54) is 18.4 Å². The van der Waals surface area contributed by atoms with Crippen molar-refractivity contribution in [1.82, 2.24) is 15.1 Å². The van der Waals surface area contributed by atoms with Gasteiger partial charge in [-0.15, -0.1) is 24.0 Å². The smallest absolute Gasteiger partial charge is 0.193 e. The molecule has 1 aliphatic rings. The molecule has 1 aromatic carbocycles. The van der Waals surface area contributed by atoms with E-state index in [2.05, 4.69) is 48.5 Å². The Balaban J connectivity index is 0.00000242. The summed E-state index contributed by atoms with van der Waals surface area (Å²) in [6.45, 7) is 3.92. The van der Waals surface area contributed by atoms with Crippen LogP contribution in [0.5, 0.6) is 0 Å². The SMILES string of the molecule is CC(CNC(=NCc1ccccc1)N(C)C)N(C)C1CC1.I. The van der Waals surface area contributed by atoms with E-state index in [0.29, 0.717) is 12.6 Å². The molecule has 0 spiro atoms. The number of halogens is 1. The Hall–Kier alpha value is -0.820. The predicted octanol–water partition coefficient (Wildman–Crippen LogP) is 2.79. The lowest BCUT2D eigenvalue weighted by atomic mass is 10.2. The molecule has 0 bridgehead atoms. The topological polar surface area (TPSA) is 30.9 Å². The molecule has 0 radical (unpaired) electrons. The molecule has 124 valence electrons. The van der Waals surface area contributed by atoms with Gasteiger partial charge in [-0.25, -0.2) is 4.99 Å². The average molecular weight is 416 g/mol. The van der Waals surface area contributed by atoms with Crippen LogP contribution in [0.4, 0.5) is 0 Å². The first kappa shape index (κ1) is 19.2. The molecule has 1 atom stereocenters. The Kier molecular flexibility index (Phi) is 8.17. The number of likely N-dealkylation sites (N-methyl/N-ethyl adjacent to an activating group) is 1. The molecule has 22 heavy (non-hydrogen) atoms. The van der Waals surface area contributed by atoms with Gasteiger partial charge >= 0.3 is 0 Å². The van der Waals surface area contributed by atoms with Crippen molar-refractivity contribution in [2.75, 3.05) is 27.7 Å². The van der Waals surface area contributed by atoms with E-state index in [1.54, 1.807) is 0 Å². The van der Waals surface area contributed by atoms with Crippen molar-refractivity contribution < 1.29 is 0 Å². The van der Waals surface area contributed by atoms with Crippen molar-refractivity contribution in [3.8, 4) is 0 Å². The number of hydrogen-bond acceptors (Lipinski definition) is 2. The summed E-state index contributed by atoms with van der Waals surface area (Å²) in [5.41, 5.74) is 1.24. The number of aliphatic imine (C=N–C) groups is 1. The first-order valence-electron chi connectivity index (χ1n) is 7.79. The maximum atomic E-state index is 4.70. The van der Waals surface area contributed by atoms with Crippen molar-refractivity contribution in [3.05, 3.63) is 35.9 Å². The highest BCUT2D eigenvalue weighted by molar-refractivity contribution is 14.0. The summed E-state index contributed by atoms with van der Waals surface area (Å²) in [4.78, 5) is 9.22. The zero-order chi connectivity index (χ0) is 15.2. The monoisotopic (exact) mass is 416 g/mol. The van der Waals surface area contributed by atoms with E-state index in [9.17, 15) is 0 Å². The second kappa shape index (κ2) is 9.35. The minimum Gasteiger partial charge on any atom is -0.355 e. The Labute approximate surface area is 152 Å². The summed E-state index contributed by atoms with van der Waals surface area (Å²) in [5.74, 6) is 0.954. The summed E-state index contributed by atoms with van der Waals surface area (Å²) >= 11 is 0. The fourth-order valence-electron chi connectivity index (χ4n) is 2.33. The Morgan fingerprint density at radius 1 is 1.23 bits per heavy atom. The zero-order valence-corrected chi connectivity index (χ0v) is 16.5. The summed E-state index contributed by atoms with van der Waals surface area (Å²) in [7, 11) is 6.29. The van der Waals surface area contributed by atoms with E-state index in [1.807, 2.05) is 25.1 Å². The van der Waals surface area contributed by atoms with Crippen LogP contribution in [0, 0.1) is 0 Å². The molecule has 4 nitrogen and oxygen atoms in total. The van der Waals surface area contributed by atoms with Crippen LogP contribution in [0.3, 0.4) is 0 Å². The third kappa shape index (κ3) is 6.12. The Morgan fingerprint density at radius 3 is 2.41 bits per heavy atom. The van der Waals surface area contributed by atoms with Crippen molar-refractivity contribution in [2.24, 2.45) is 4.99 Å². The zero-order valence-electron chi connectivity index (χ0n) is 14.1. The van der Waals surface area contributed by atoms with E-state index in [-0.39, 0.29) is 24.0 Å². The number of hydrogen-bond donors (Lipinski definition) is 1. The highest BCUT2D eigenvalue weighted by atomic mass is 127.